The fourth-order valence-electron chi connectivity index (χ4n) is 2.29. The van der Waals surface area contributed by atoms with Gasteiger partial charge in [0.15, 0.2) is 5.78 Å². The first-order valence-electron chi connectivity index (χ1n) is 6.64. The van der Waals surface area contributed by atoms with Crippen LogP contribution in [0.1, 0.15) is 25.8 Å². The largest absolute Gasteiger partial charge is 0.351 e. The van der Waals surface area contributed by atoms with Crippen LogP contribution in [0.5, 0.6) is 0 Å². The van der Waals surface area contributed by atoms with E-state index in [4.69, 9.17) is 5.73 Å². The molecule has 1 aliphatic heterocycles. The lowest BCUT2D eigenvalue weighted by atomic mass is 10.0. The topological polar surface area (TPSA) is 63.4 Å². The maximum atomic E-state index is 12.2. The SMILES string of the molecule is CC/C=C\C1=C(C)C(=O)Cc2ccccc2N1C(N)=O. The summed E-state index contributed by atoms with van der Waals surface area (Å²) in [6.45, 7) is 3.73. The molecule has 4 nitrogen and oxygen atoms in total. The number of anilines is 1. The van der Waals surface area contributed by atoms with Gasteiger partial charge in [0.05, 0.1) is 11.4 Å². The number of carbonyl (C=O) groups is 2. The molecule has 4 heteroatoms. The minimum atomic E-state index is -0.581. The van der Waals surface area contributed by atoms with Gasteiger partial charge >= 0.3 is 6.03 Å². The van der Waals surface area contributed by atoms with Crippen LogP contribution < -0.4 is 10.6 Å². The Labute approximate surface area is 118 Å². The number of ketones is 1. The van der Waals surface area contributed by atoms with Gasteiger partial charge in [-0.05, 0) is 31.1 Å². The highest BCUT2D eigenvalue weighted by Gasteiger charge is 2.27. The van der Waals surface area contributed by atoms with Crippen LogP contribution in [0.4, 0.5) is 10.5 Å². The molecule has 20 heavy (non-hydrogen) atoms. The number of hydrogen-bond acceptors (Lipinski definition) is 2. The lowest BCUT2D eigenvalue weighted by Gasteiger charge is -2.23. The molecule has 2 amide bonds. The average molecular weight is 270 g/mol. The number of rotatable bonds is 2. The zero-order valence-electron chi connectivity index (χ0n) is 11.7. The van der Waals surface area contributed by atoms with E-state index in [2.05, 4.69) is 0 Å². The monoisotopic (exact) mass is 270 g/mol. The molecule has 1 aromatic rings. The third kappa shape index (κ3) is 2.50. The van der Waals surface area contributed by atoms with Gasteiger partial charge in [0.25, 0.3) is 0 Å². The van der Waals surface area contributed by atoms with Crippen molar-refractivity contribution in [3.8, 4) is 0 Å². The molecule has 0 aromatic heterocycles. The van der Waals surface area contributed by atoms with Crippen molar-refractivity contribution in [3.05, 3.63) is 53.3 Å². The molecule has 1 aromatic carbocycles. The number of primary amides is 1. The van der Waals surface area contributed by atoms with E-state index in [-0.39, 0.29) is 12.2 Å². The van der Waals surface area contributed by atoms with Crippen LogP contribution in [0, 0.1) is 0 Å². The van der Waals surface area contributed by atoms with E-state index in [1.54, 1.807) is 13.0 Å². The fraction of sp³-hybridized carbons (Fsp3) is 0.250. The van der Waals surface area contributed by atoms with E-state index in [1.165, 1.54) is 4.90 Å². The summed E-state index contributed by atoms with van der Waals surface area (Å²) in [5.74, 6) is 0.0111. The van der Waals surface area contributed by atoms with Crippen molar-refractivity contribution in [3.63, 3.8) is 0 Å². The number of fused-ring (bicyclic) bond motifs is 1. The normalized spacial score (nSPS) is 15.5. The first-order valence-corrected chi connectivity index (χ1v) is 6.64. The van der Waals surface area contributed by atoms with Crippen LogP contribution in [-0.4, -0.2) is 11.8 Å². The number of urea groups is 1. The number of benzene rings is 1. The van der Waals surface area contributed by atoms with Crippen LogP contribution in [0.3, 0.4) is 0 Å². The van der Waals surface area contributed by atoms with Gasteiger partial charge in [-0.1, -0.05) is 31.2 Å². The Balaban J connectivity index is 2.67. The van der Waals surface area contributed by atoms with Gasteiger partial charge in [-0.3, -0.25) is 9.69 Å². The summed E-state index contributed by atoms with van der Waals surface area (Å²) >= 11 is 0. The second-order valence-corrected chi connectivity index (χ2v) is 4.72. The summed E-state index contributed by atoms with van der Waals surface area (Å²) in [6.07, 6.45) is 4.81. The summed E-state index contributed by atoms with van der Waals surface area (Å²) in [4.78, 5) is 25.5. The molecular weight excluding hydrogens is 252 g/mol. The van der Waals surface area contributed by atoms with Crippen molar-refractivity contribution in [2.24, 2.45) is 5.73 Å². The number of nitrogens with zero attached hydrogens (tertiary/aromatic N) is 1. The summed E-state index contributed by atoms with van der Waals surface area (Å²) < 4.78 is 0. The van der Waals surface area contributed by atoms with Crippen molar-refractivity contribution in [1.29, 1.82) is 0 Å². The first kappa shape index (κ1) is 14.1. The number of hydrogen-bond donors (Lipinski definition) is 1. The fourth-order valence-corrected chi connectivity index (χ4v) is 2.29. The van der Waals surface area contributed by atoms with Gasteiger partial charge in [0.2, 0.25) is 0 Å². The van der Waals surface area contributed by atoms with Crippen LogP contribution in [0.2, 0.25) is 0 Å². The molecule has 0 saturated carbocycles. The van der Waals surface area contributed by atoms with E-state index in [1.807, 2.05) is 37.3 Å². The quantitative estimate of drug-likeness (QED) is 0.898. The van der Waals surface area contributed by atoms with E-state index in [0.29, 0.717) is 17.0 Å². The molecule has 0 aliphatic carbocycles. The number of allylic oxidation sites excluding steroid dienone is 3. The highest BCUT2D eigenvalue weighted by molar-refractivity contribution is 6.05. The molecule has 0 unspecified atom stereocenters. The predicted molar refractivity (Wildman–Crippen MR) is 79.3 cm³/mol. The molecule has 0 bridgehead atoms. The van der Waals surface area contributed by atoms with E-state index in [9.17, 15) is 9.59 Å². The lowest BCUT2D eigenvalue weighted by Crippen LogP contribution is -2.35. The molecule has 1 heterocycles. The average Bonchev–Trinajstić information content (AvgIpc) is 2.52. The minimum Gasteiger partial charge on any atom is -0.351 e. The van der Waals surface area contributed by atoms with Crippen LogP contribution in [0.15, 0.2) is 47.7 Å². The van der Waals surface area contributed by atoms with Crippen LogP contribution in [-0.2, 0) is 11.2 Å². The van der Waals surface area contributed by atoms with Gasteiger partial charge < -0.3 is 5.73 Å². The van der Waals surface area contributed by atoms with E-state index < -0.39 is 6.03 Å². The summed E-state index contributed by atoms with van der Waals surface area (Å²) in [7, 11) is 0. The Bertz CT molecular complexity index is 615. The van der Waals surface area contributed by atoms with Crippen molar-refractivity contribution < 1.29 is 9.59 Å². The maximum Gasteiger partial charge on any atom is 0.323 e. The van der Waals surface area contributed by atoms with Crippen LogP contribution in [0.25, 0.3) is 0 Å². The maximum absolute atomic E-state index is 12.2. The molecule has 0 atom stereocenters. The molecule has 1 aliphatic rings. The minimum absolute atomic E-state index is 0.0111. The van der Waals surface area contributed by atoms with Gasteiger partial charge in [-0.25, -0.2) is 4.79 Å². The molecule has 2 N–H and O–H groups in total. The van der Waals surface area contributed by atoms with Gasteiger partial charge in [-0.2, -0.15) is 0 Å². The Morgan fingerprint density at radius 1 is 1.40 bits per heavy atom. The molecule has 0 radical (unpaired) electrons. The summed E-state index contributed by atoms with van der Waals surface area (Å²) in [6, 6.07) is 6.77. The third-order valence-electron chi connectivity index (χ3n) is 3.36. The van der Waals surface area contributed by atoms with Crippen molar-refractivity contribution in [2.45, 2.75) is 26.7 Å². The van der Waals surface area contributed by atoms with E-state index in [0.717, 1.165) is 12.0 Å². The molecule has 0 spiro atoms. The van der Waals surface area contributed by atoms with Gasteiger partial charge in [-0.15, -0.1) is 0 Å². The van der Waals surface area contributed by atoms with Crippen molar-refractivity contribution in [2.75, 3.05) is 4.90 Å². The zero-order valence-corrected chi connectivity index (χ0v) is 11.7. The predicted octanol–water partition coefficient (Wildman–Crippen LogP) is 2.94. The number of Topliss-reactive ketones (excluding diaryl/α,β-unsaturated/α-hetero) is 1. The van der Waals surface area contributed by atoms with Gasteiger partial charge in [0, 0.05) is 12.0 Å². The van der Waals surface area contributed by atoms with E-state index >= 15 is 0 Å². The van der Waals surface area contributed by atoms with Crippen LogP contribution >= 0.6 is 0 Å². The second-order valence-electron chi connectivity index (χ2n) is 4.72. The number of nitrogens with two attached hydrogens (primary N) is 1. The summed E-state index contributed by atoms with van der Waals surface area (Å²) in [5, 5.41) is 0. The highest BCUT2D eigenvalue weighted by atomic mass is 16.2. The molecule has 0 saturated heterocycles. The first-order chi connectivity index (χ1) is 9.56. The number of amides is 2. The number of para-hydroxylation sites is 1. The number of carbonyl (C=O) groups excluding carboxylic acids is 2. The van der Waals surface area contributed by atoms with Gasteiger partial charge in [0.1, 0.15) is 0 Å². The molecule has 0 fully saturated rings. The zero-order chi connectivity index (χ0) is 14.7. The lowest BCUT2D eigenvalue weighted by molar-refractivity contribution is -0.114. The summed E-state index contributed by atoms with van der Waals surface area (Å²) in [5.41, 5.74) is 8.15. The Morgan fingerprint density at radius 3 is 2.75 bits per heavy atom. The Morgan fingerprint density at radius 2 is 2.10 bits per heavy atom. The molecule has 104 valence electrons. The Kier molecular flexibility index (Phi) is 4.03. The highest BCUT2D eigenvalue weighted by Crippen LogP contribution is 2.31. The Hall–Kier alpha value is -2.36. The van der Waals surface area contributed by atoms with Crippen molar-refractivity contribution >= 4 is 17.5 Å². The second kappa shape index (κ2) is 5.74. The molecular formula is C16H18N2O2. The standard InChI is InChI=1S/C16H18N2O2/c1-3-4-8-13-11(2)15(19)10-12-7-5-6-9-14(12)18(13)16(17)20/h4-9H,3,10H2,1-2H3,(H2,17,20)/b8-4-. The van der Waals surface area contributed by atoms with Crippen molar-refractivity contribution in [1.82, 2.24) is 0 Å². The smallest absolute Gasteiger partial charge is 0.323 e. The molecule has 2 rings (SSSR count). The third-order valence-corrected chi connectivity index (χ3v) is 3.36.